The van der Waals surface area contributed by atoms with Crippen LogP contribution in [-0.4, -0.2) is 11.7 Å². The van der Waals surface area contributed by atoms with Gasteiger partial charge in [0, 0.05) is 5.56 Å². The quantitative estimate of drug-likeness (QED) is 0.610. The third kappa shape index (κ3) is 2.75. The lowest BCUT2D eigenvalue weighted by molar-refractivity contribution is -0.136. The van der Waals surface area contributed by atoms with Crippen LogP contribution in [0.2, 0.25) is 0 Å². The van der Waals surface area contributed by atoms with E-state index in [4.69, 9.17) is 23.2 Å². The first kappa shape index (κ1) is 11.9. The average molecular weight is 268 g/mol. The van der Waals surface area contributed by atoms with Gasteiger partial charge in [-0.1, -0.05) is 58.7 Å². The van der Waals surface area contributed by atoms with E-state index in [1.54, 1.807) is 0 Å². The van der Waals surface area contributed by atoms with E-state index >= 15 is 0 Å². The van der Waals surface area contributed by atoms with Gasteiger partial charge in [0.15, 0.2) is 0 Å². The molecule has 0 spiro atoms. The number of nitrogens with zero attached hydrogens (tertiary/aromatic N) is 1. The molecule has 0 bridgehead atoms. The van der Waals surface area contributed by atoms with Gasteiger partial charge < -0.3 is 4.84 Å². The van der Waals surface area contributed by atoms with E-state index in [1.807, 2.05) is 30.3 Å². The Morgan fingerprint density at radius 2 is 1.94 bits per heavy atom. The molecule has 0 atom stereocenters. The summed E-state index contributed by atoms with van der Waals surface area (Å²) in [5, 5.41) is 3.73. The number of oxime groups is 1. The Balaban J connectivity index is 2.38. The van der Waals surface area contributed by atoms with Crippen LogP contribution in [0.1, 0.15) is 5.56 Å². The van der Waals surface area contributed by atoms with Gasteiger partial charge in [-0.2, -0.15) is 0 Å². The molecule has 1 aromatic rings. The molecule has 5 heteroatoms. The maximum Gasteiger partial charge on any atom is 0.368 e. The van der Waals surface area contributed by atoms with Crippen molar-refractivity contribution in [2.24, 2.45) is 5.16 Å². The predicted molar refractivity (Wildman–Crippen MR) is 66.9 cm³/mol. The molecule has 0 amide bonds. The second-order valence-corrected chi connectivity index (χ2v) is 4.23. The molecule has 1 aliphatic heterocycles. The molecule has 0 unspecified atom stereocenters. The Bertz CT molecular complexity index is 529. The van der Waals surface area contributed by atoms with Crippen LogP contribution >= 0.6 is 23.2 Å². The van der Waals surface area contributed by atoms with E-state index in [1.165, 1.54) is 12.2 Å². The minimum Gasteiger partial charge on any atom is -0.312 e. The van der Waals surface area contributed by atoms with Crippen LogP contribution in [0.25, 0.3) is 0 Å². The van der Waals surface area contributed by atoms with Gasteiger partial charge in [0.05, 0.1) is 5.57 Å². The normalized spacial score (nSPS) is 16.7. The molecule has 17 heavy (non-hydrogen) atoms. The molecule has 1 heterocycles. The van der Waals surface area contributed by atoms with E-state index in [9.17, 15) is 4.79 Å². The van der Waals surface area contributed by atoms with Crippen molar-refractivity contribution in [1.82, 2.24) is 0 Å². The van der Waals surface area contributed by atoms with Crippen molar-refractivity contribution in [3.8, 4) is 0 Å². The van der Waals surface area contributed by atoms with Gasteiger partial charge in [0.25, 0.3) is 0 Å². The van der Waals surface area contributed by atoms with E-state index in [-0.39, 0.29) is 4.49 Å². The van der Waals surface area contributed by atoms with Crippen LogP contribution in [0.5, 0.6) is 0 Å². The standard InChI is InChI=1S/C12H7Cl2NO2/c13-10(14)7-6-9-11(15-17-12(9)16)8-4-2-1-3-5-8/h1-7H/b9-6+. The molecule has 0 fully saturated rings. The minimum atomic E-state index is -0.519. The summed E-state index contributed by atoms with van der Waals surface area (Å²) in [5.41, 5.74) is 1.60. The Morgan fingerprint density at radius 3 is 2.59 bits per heavy atom. The zero-order valence-electron chi connectivity index (χ0n) is 8.56. The molecule has 3 nitrogen and oxygen atoms in total. The first-order valence-electron chi connectivity index (χ1n) is 4.76. The fraction of sp³-hybridized carbons (Fsp3) is 0. The highest BCUT2D eigenvalue weighted by atomic mass is 35.5. The Hall–Kier alpha value is -1.58. The lowest BCUT2D eigenvalue weighted by Crippen LogP contribution is -2.06. The lowest BCUT2D eigenvalue weighted by atomic mass is 10.0. The minimum absolute atomic E-state index is 0.0598. The first-order valence-corrected chi connectivity index (χ1v) is 5.52. The summed E-state index contributed by atoms with van der Waals surface area (Å²) in [5.74, 6) is -0.519. The number of carbonyl (C=O) groups is 1. The van der Waals surface area contributed by atoms with E-state index in [2.05, 4.69) is 9.99 Å². The largest absolute Gasteiger partial charge is 0.368 e. The van der Waals surface area contributed by atoms with Crippen molar-refractivity contribution in [1.29, 1.82) is 0 Å². The smallest absolute Gasteiger partial charge is 0.312 e. The summed E-state index contributed by atoms with van der Waals surface area (Å²) in [6.45, 7) is 0. The van der Waals surface area contributed by atoms with Crippen molar-refractivity contribution in [3.63, 3.8) is 0 Å². The molecular formula is C12H7Cl2NO2. The zero-order chi connectivity index (χ0) is 12.3. The molecule has 1 aromatic carbocycles. The maximum atomic E-state index is 11.5. The molecule has 86 valence electrons. The van der Waals surface area contributed by atoms with Gasteiger partial charge in [-0.15, -0.1) is 0 Å². The highest BCUT2D eigenvalue weighted by Crippen LogP contribution is 2.18. The van der Waals surface area contributed by atoms with Crippen LogP contribution in [0.15, 0.2) is 57.7 Å². The average Bonchev–Trinajstić information content (AvgIpc) is 2.69. The molecule has 0 aromatic heterocycles. The second kappa shape index (κ2) is 5.17. The van der Waals surface area contributed by atoms with E-state index in [0.29, 0.717) is 11.3 Å². The summed E-state index contributed by atoms with van der Waals surface area (Å²) in [6.07, 6.45) is 2.89. The summed E-state index contributed by atoms with van der Waals surface area (Å²) in [7, 11) is 0. The van der Waals surface area contributed by atoms with E-state index < -0.39 is 5.97 Å². The third-order valence-electron chi connectivity index (χ3n) is 2.12. The van der Waals surface area contributed by atoms with Crippen molar-refractivity contribution in [3.05, 3.63) is 58.1 Å². The SMILES string of the molecule is O=C1ON=C(c2ccccc2)/C1=C\C=C(Cl)Cl. The number of hydrogen-bond acceptors (Lipinski definition) is 3. The van der Waals surface area contributed by atoms with Crippen LogP contribution in [-0.2, 0) is 9.63 Å². The first-order chi connectivity index (χ1) is 8.18. The highest BCUT2D eigenvalue weighted by Gasteiger charge is 2.25. The van der Waals surface area contributed by atoms with Gasteiger partial charge in [0.2, 0.25) is 0 Å². The number of rotatable bonds is 2. The molecule has 0 saturated carbocycles. The Labute approximate surface area is 108 Å². The van der Waals surface area contributed by atoms with Gasteiger partial charge >= 0.3 is 5.97 Å². The fourth-order valence-electron chi connectivity index (χ4n) is 1.38. The summed E-state index contributed by atoms with van der Waals surface area (Å²) in [4.78, 5) is 16.1. The van der Waals surface area contributed by atoms with Crippen LogP contribution in [0, 0.1) is 0 Å². The van der Waals surface area contributed by atoms with Crippen molar-refractivity contribution in [2.75, 3.05) is 0 Å². The van der Waals surface area contributed by atoms with Crippen LogP contribution in [0.3, 0.4) is 0 Å². The van der Waals surface area contributed by atoms with E-state index in [0.717, 1.165) is 5.56 Å². The predicted octanol–water partition coefficient (Wildman–Crippen LogP) is 3.19. The topological polar surface area (TPSA) is 38.7 Å². The zero-order valence-corrected chi connectivity index (χ0v) is 10.1. The van der Waals surface area contributed by atoms with Crippen molar-refractivity contribution < 1.29 is 9.63 Å². The van der Waals surface area contributed by atoms with Gasteiger partial charge in [-0.05, 0) is 12.2 Å². The number of carbonyl (C=O) groups excluding carboxylic acids is 1. The monoisotopic (exact) mass is 267 g/mol. The molecule has 0 saturated heterocycles. The van der Waals surface area contributed by atoms with Crippen LogP contribution < -0.4 is 0 Å². The molecule has 0 N–H and O–H groups in total. The third-order valence-corrected chi connectivity index (χ3v) is 2.37. The van der Waals surface area contributed by atoms with Gasteiger partial charge in [-0.25, -0.2) is 4.79 Å². The number of allylic oxidation sites excluding steroid dienone is 2. The summed E-state index contributed by atoms with van der Waals surface area (Å²) >= 11 is 11.0. The molecule has 0 radical (unpaired) electrons. The maximum absolute atomic E-state index is 11.5. The second-order valence-electron chi connectivity index (χ2n) is 3.22. The summed E-state index contributed by atoms with van der Waals surface area (Å²) in [6, 6.07) is 9.24. The molecular weight excluding hydrogens is 261 g/mol. The fourth-order valence-corrected chi connectivity index (χ4v) is 1.51. The Morgan fingerprint density at radius 1 is 1.24 bits per heavy atom. The molecule has 0 aliphatic carbocycles. The summed E-state index contributed by atoms with van der Waals surface area (Å²) < 4.78 is 0.0598. The highest BCUT2D eigenvalue weighted by molar-refractivity contribution is 6.56. The van der Waals surface area contributed by atoms with Crippen molar-refractivity contribution >= 4 is 34.9 Å². The van der Waals surface area contributed by atoms with Gasteiger partial charge in [0.1, 0.15) is 10.2 Å². The number of benzene rings is 1. The Kier molecular flexibility index (Phi) is 3.61. The number of hydrogen-bond donors (Lipinski definition) is 0. The number of halogens is 2. The molecule has 2 rings (SSSR count). The van der Waals surface area contributed by atoms with Crippen molar-refractivity contribution in [2.45, 2.75) is 0 Å². The lowest BCUT2D eigenvalue weighted by Gasteiger charge is -1.97. The molecule has 1 aliphatic rings. The van der Waals surface area contributed by atoms with Gasteiger partial charge in [-0.3, -0.25) is 0 Å². The van der Waals surface area contributed by atoms with Crippen LogP contribution in [0.4, 0.5) is 0 Å².